The molecule has 3 aromatic rings. The minimum absolute atomic E-state index is 0.289. The molecule has 120 valence electrons. The minimum Gasteiger partial charge on any atom is -0.337 e. The van der Waals surface area contributed by atoms with Gasteiger partial charge < -0.3 is 14.3 Å². The number of hydrogen-bond acceptors (Lipinski definition) is 4. The molecule has 1 atom stereocenters. The predicted molar refractivity (Wildman–Crippen MR) is 89.2 cm³/mol. The molecule has 1 aliphatic rings. The van der Waals surface area contributed by atoms with Gasteiger partial charge in [0.25, 0.3) is 0 Å². The van der Waals surface area contributed by atoms with Gasteiger partial charge in [0.1, 0.15) is 11.5 Å². The molecule has 23 heavy (non-hydrogen) atoms. The molecule has 0 saturated carbocycles. The second-order valence-electron chi connectivity index (χ2n) is 6.16. The van der Waals surface area contributed by atoms with E-state index >= 15 is 0 Å². The lowest BCUT2D eigenvalue weighted by atomic mass is 10.1. The van der Waals surface area contributed by atoms with Crippen molar-refractivity contribution in [2.75, 3.05) is 19.6 Å². The molecule has 0 aromatic carbocycles. The molecule has 6 nitrogen and oxygen atoms in total. The van der Waals surface area contributed by atoms with Crippen molar-refractivity contribution in [1.82, 2.24) is 29.2 Å². The highest BCUT2D eigenvalue weighted by atomic mass is 15.3. The molecule has 1 aliphatic heterocycles. The van der Waals surface area contributed by atoms with Gasteiger partial charge in [-0.15, -0.1) is 0 Å². The van der Waals surface area contributed by atoms with Crippen LogP contribution in [0.3, 0.4) is 0 Å². The number of fused-ring (bicyclic) bond motifs is 1. The van der Waals surface area contributed by atoms with Crippen molar-refractivity contribution in [3.63, 3.8) is 0 Å². The fourth-order valence-electron chi connectivity index (χ4n) is 3.44. The van der Waals surface area contributed by atoms with Crippen LogP contribution < -0.4 is 5.32 Å². The van der Waals surface area contributed by atoms with Crippen molar-refractivity contribution in [3.05, 3.63) is 54.0 Å². The number of nitrogens with one attached hydrogen (secondary N) is 1. The zero-order valence-electron chi connectivity index (χ0n) is 13.6. The summed E-state index contributed by atoms with van der Waals surface area (Å²) in [5, 5.41) is 3.49. The van der Waals surface area contributed by atoms with E-state index in [0.717, 1.165) is 43.3 Å². The topological polar surface area (TPSA) is 50.4 Å². The zero-order chi connectivity index (χ0) is 15.8. The van der Waals surface area contributed by atoms with Crippen molar-refractivity contribution in [2.24, 2.45) is 7.05 Å². The number of pyridine rings is 1. The maximum Gasteiger partial charge on any atom is 0.137 e. The van der Waals surface area contributed by atoms with Crippen LogP contribution in [-0.4, -0.2) is 43.5 Å². The van der Waals surface area contributed by atoms with Gasteiger partial charge in [-0.3, -0.25) is 4.90 Å². The molecular formula is C17H22N6. The Morgan fingerprint density at radius 2 is 2.22 bits per heavy atom. The van der Waals surface area contributed by atoms with E-state index in [2.05, 4.69) is 61.5 Å². The lowest BCUT2D eigenvalue weighted by Crippen LogP contribution is -2.46. The van der Waals surface area contributed by atoms with Crippen LogP contribution in [0.15, 0.2) is 36.8 Å². The first-order valence-electron chi connectivity index (χ1n) is 8.08. The van der Waals surface area contributed by atoms with E-state index < -0.39 is 0 Å². The lowest BCUT2D eigenvalue weighted by molar-refractivity contribution is 0.142. The zero-order valence-corrected chi connectivity index (χ0v) is 13.6. The summed E-state index contributed by atoms with van der Waals surface area (Å²) in [5.74, 6) is 1.11. The average Bonchev–Trinajstić information content (AvgIpc) is 3.12. The molecular weight excluding hydrogens is 288 g/mol. The van der Waals surface area contributed by atoms with Crippen molar-refractivity contribution in [2.45, 2.75) is 19.5 Å². The quantitative estimate of drug-likeness (QED) is 0.797. The fourth-order valence-corrected chi connectivity index (χ4v) is 3.44. The second-order valence-corrected chi connectivity index (χ2v) is 6.16. The Balaban J connectivity index is 1.68. The summed E-state index contributed by atoms with van der Waals surface area (Å²) in [6, 6.07) is 6.45. The highest BCUT2D eigenvalue weighted by Crippen LogP contribution is 2.24. The Hall–Kier alpha value is -2.18. The highest BCUT2D eigenvalue weighted by Gasteiger charge is 2.28. The van der Waals surface area contributed by atoms with Crippen molar-refractivity contribution in [1.29, 1.82) is 0 Å². The van der Waals surface area contributed by atoms with Crippen LogP contribution in [0, 0.1) is 6.92 Å². The molecule has 4 rings (SSSR count). The van der Waals surface area contributed by atoms with Crippen LogP contribution in [0.5, 0.6) is 0 Å². The SMILES string of the molecule is Cc1nc2ccccn2c1CN1CCNCC1c1nccn1C. The molecule has 1 fully saturated rings. The van der Waals surface area contributed by atoms with Crippen molar-refractivity contribution < 1.29 is 0 Å². The van der Waals surface area contributed by atoms with Gasteiger partial charge in [0, 0.05) is 51.8 Å². The van der Waals surface area contributed by atoms with Crippen molar-refractivity contribution in [3.8, 4) is 0 Å². The summed E-state index contributed by atoms with van der Waals surface area (Å²) in [6.45, 7) is 5.94. The smallest absolute Gasteiger partial charge is 0.137 e. The molecule has 0 aliphatic carbocycles. The van der Waals surface area contributed by atoms with Gasteiger partial charge in [-0.25, -0.2) is 9.97 Å². The summed E-state index contributed by atoms with van der Waals surface area (Å²) in [6.07, 6.45) is 5.99. The summed E-state index contributed by atoms with van der Waals surface area (Å²) in [4.78, 5) is 11.7. The number of rotatable bonds is 3. The van der Waals surface area contributed by atoms with Crippen LogP contribution in [0.2, 0.25) is 0 Å². The molecule has 0 spiro atoms. The van der Waals surface area contributed by atoms with Gasteiger partial charge in [-0.05, 0) is 19.1 Å². The highest BCUT2D eigenvalue weighted by molar-refractivity contribution is 5.42. The van der Waals surface area contributed by atoms with Gasteiger partial charge >= 0.3 is 0 Å². The third-order valence-corrected chi connectivity index (χ3v) is 4.69. The third-order valence-electron chi connectivity index (χ3n) is 4.69. The summed E-state index contributed by atoms with van der Waals surface area (Å²) < 4.78 is 4.32. The number of hydrogen-bond donors (Lipinski definition) is 1. The standard InChI is InChI=1S/C17H22N6/c1-13-15(23-8-4-3-5-16(23)20-13)12-22-10-6-18-11-14(22)17-19-7-9-21(17)2/h3-5,7-9,14,18H,6,10-12H2,1-2H3. The molecule has 6 heteroatoms. The predicted octanol–water partition coefficient (Wildman–Crippen LogP) is 1.52. The Morgan fingerprint density at radius 1 is 1.30 bits per heavy atom. The maximum absolute atomic E-state index is 4.68. The van der Waals surface area contributed by atoms with Gasteiger partial charge in [0.15, 0.2) is 0 Å². The normalized spacial score (nSPS) is 19.5. The maximum atomic E-state index is 4.68. The van der Waals surface area contributed by atoms with Gasteiger partial charge in [-0.1, -0.05) is 6.07 Å². The summed E-state index contributed by atoms with van der Waals surface area (Å²) >= 11 is 0. The molecule has 3 aromatic heterocycles. The first-order valence-corrected chi connectivity index (χ1v) is 8.08. The number of aryl methyl sites for hydroxylation is 2. The van der Waals surface area contributed by atoms with Gasteiger partial charge in [0.05, 0.1) is 17.4 Å². The fraction of sp³-hybridized carbons (Fsp3) is 0.412. The first kappa shape index (κ1) is 14.4. The number of aromatic nitrogens is 4. The largest absolute Gasteiger partial charge is 0.337 e. The van der Waals surface area contributed by atoms with E-state index in [1.54, 1.807) is 0 Å². The van der Waals surface area contributed by atoms with E-state index in [1.807, 2.05) is 18.5 Å². The van der Waals surface area contributed by atoms with Crippen LogP contribution in [0.1, 0.15) is 23.3 Å². The van der Waals surface area contributed by atoms with Gasteiger partial charge in [0.2, 0.25) is 0 Å². The van der Waals surface area contributed by atoms with E-state index in [0.29, 0.717) is 0 Å². The summed E-state index contributed by atoms with van der Waals surface area (Å²) in [7, 11) is 2.06. The second kappa shape index (κ2) is 5.79. The Labute approximate surface area is 135 Å². The van der Waals surface area contributed by atoms with Crippen LogP contribution >= 0.6 is 0 Å². The van der Waals surface area contributed by atoms with Crippen LogP contribution in [-0.2, 0) is 13.6 Å². The van der Waals surface area contributed by atoms with Gasteiger partial charge in [-0.2, -0.15) is 0 Å². The van der Waals surface area contributed by atoms with E-state index in [9.17, 15) is 0 Å². The number of piperazine rings is 1. The Morgan fingerprint density at radius 3 is 3.04 bits per heavy atom. The number of nitrogens with zero attached hydrogens (tertiary/aromatic N) is 5. The van der Waals surface area contributed by atoms with Crippen LogP contribution in [0.4, 0.5) is 0 Å². The molecule has 1 unspecified atom stereocenters. The van der Waals surface area contributed by atoms with Crippen molar-refractivity contribution >= 4 is 5.65 Å². The van der Waals surface area contributed by atoms with E-state index in [1.165, 1.54) is 5.69 Å². The summed E-state index contributed by atoms with van der Waals surface area (Å²) in [5.41, 5.74) is 3.39. The molecule has 1 N–H and O–H groups in total. The lowest BCUT2D eigenvalue weighted by Gasteiger charge is -2.35. The first-order chi connectivity index (χ1) is 11.2. The average molecular weight is 310 g/mol. The molecule has 4 heterocycles. The van der Waals surface area contributed by atoms with E-state index in [4.69, 9.17) is 0 Å². The Kier molecular flexibility index (Phi) is 3.63. The molecule has 0 bridgehead atoms. The third kappa shape index (κ3) is 2.54. The minimum atomic E-state index is 0.289. The van der Waals surface area contributed by atoms with Crippen LogP contribution in [0.25, 0.3) is 5.65 Å². The molecule has 0 radical (unpaired) electrons. The molecule has 0 amide bonds. The Bertz CT molecular complexity index is 817. The number of imidazole rings is 2. The monoisotopic (exact) mass is 310 g/mol. The molecule has 1 saturated heterocycles. The van der Waals surface area contributed by atoms with E-state index in [-0.39, 0.29) is 6.04 Å².